The van der Waals surface area contributed by atoms with Crippen molar-refractivity contribution in [2.24, 2.45) is 4.99 Å². The number of ether oxygens (including phenoxy) is 1. The van der Waals surface area contributed by atoms with Crippen LogP contribution in [0.5, 0.6) is 5.75 Å². The predicted molar refractivity (Wildman–Crippen MR) is 105 cm³/mol. The number of benzene rings is 2. The highest BCUT2D eigenvalue weighted by molar-refractivity contribution is 7.97. The first-order valence-electron chi connectivity index (χ1n) is 7.72. The van der Waals surface area contributed by atoms with E-state index in [-0.39, 0.29) is 0 Å². The molecule has 0 saturated heterocycles. The second-order valence-corrected chi connectivity index (χ2v) is 7.17. The zero-order chi connectivity index (χ0) is 17.4. The van der Waals surface area contributed by atoms with Gasteiger partial charge >= 0.3 is 0 Å². The van der Waals surface area contributed by atoms with Gasteiger partial charge in [0.05, 0.1) is 12.3 Å². The van der Waals surface area contributed by atoms with Crippen LogP contribution in [0.15, 0.2) is 52.4 Å². The highest BCUT2D eigenvalue weighted by atomic mass is 35.5. The van der Waals surface area contributed by atoms with Crippen LogP contribution in [-0.2, 0) is 0 Å². The maximum Gasteiger partial charge on any atom is 0.140 e. The van der Waals surface area contributed by atoms with E-state index in [1.807, 2.05) is 53.8 Å². The SMILES string of the molecule is CCCCOc1cccc(N=CN(C)Sc2ccc(Cl)cc2)c1Cl. The van der Waals surface area contributed by atoms with Gasteiger partial charge in [0.1, 0.15) is 17.1 Å². The highest BCUT2D eigenvalue weighted by Gasteiger charge is 2.06. The summed E-state index contributed by atoms with van der Waals surface area (Å²) in [5.41, 5.74) is 0.689. The summed E-state index contributed by atoms with van der Waals surface area (Å²) in [6.45, 7) is 2.79. The van der Waals surface area contributed by atoms with Crippen LogP contribution >= 0.6 is 35.1 Å². The minimum absolute atomic E-state index is 0.537. The summed E-state index contributed by atoms with van der Waals surface area (Å²) in [5, 5.41) is 1.26. The lowest BCUT2D eigenvalue weighted by Crippen LogP contribution is -2.04. The molecule has 2 rings (SSSR count). The molecule has 2 aromatic carbocycles. The summed E-state index contributed by atoms with van der Waals surface area (Å²) < 4.78 is 7.60. The summed E-state index contributed by atoms with van der Waals surface area (Å²) in [6, 6.07) is 13.3. The average Bonchev–Trinajstić information content (AvgIpc) is 2.57. The van der Waals surface area contributed by atoms with Gasteiger partial charge in [0, 0.05) is 17.0 Å². The quantitative estimate of drug-likeness (QED) is 0.226. The Labute approximate surface area is 157 Å². The lowest BCUT2D eigenvalue weighted by Gasteiger charge is -2.12. The third-order valence-electron chi connectivity index (χ3n) is 3.12. The molecule has 0 radical (unpaired) electrons. The fourth-order valence-electron chi connectivity index (χ4n) is 1.87. The number of unbranched alkanes of at least 4 members (excludes halogenated alkanes) is 1. The molecule has 0 saturated carbocycles. The Bertz CT molecular complexity index is 677. The van der Waals surface area contributed by atoms with Crippen molar-refractivity contribution in [3.8, 4) is 5.75 Å². The zero-order valence-electron chi connectivity index (χ0n) is 13.7. The van der Waals surface area contributed by atoms with E-state index in [0.717, 1.165) is 22.8 Å². The molecule has 2 aromatic rings. The molecule has 0 aromatic heterocycles. The van der Waals surface area contributed by atoms with Gasteiger partial charge < -0.3 is 9.04 Å². The summed E-state index contributed by atoms with van der Waals surface area (Å²) in [5.74, 6) is 0.674. The predicted octanol–water partition coefficient (Wildman–Crippen LogP) is 6.47. The monoisotopic (exact) mass is 382 g/mol. The molecule has 0 aliphatic carbocycles. The molecule has 0 unspecified atom stereocenters. The standard InChI is InChI=1S/C18H20Cl2N2OS/c1-3-4-12-23-17-7-5-6-16(18(17)20)21-13-22(2)24-15-10-8-14(19)9-11-15/h5-11,13H,3-4,12H2,1-2H3. The van der Waals surface area contributed by atoms with Gasteiger partial charge in [-0.3, -0.25) is 0 Å². The third kappa shape index (κ3) is 5.93. The Morgan fingerprint density at radius 3 is 2.62 bits per heavy atom. The molecule has 6 heteroatoms. The van der Waals surface area contributed by atoms with E-state index in [2.05, 4.69) is 11.9 Å². The molecule has 0 fully saturated rings. The van der Waals surface area contributed by atoms with Crippen molar-refractivity contribution >= 4 is 47.2 Å². The smallest absolute Gasteiger partial charge is 0.140 e. The van der Waals surface area contributed by atoms with E-state index in [9.17, 15) is 0 Å². The Balaban J connectivity index is 1.99. The number of aliphatic imine (C=N–C) groups is 1. The largest absolute Gasteiger partial charge is 0.492 e. The molecule has 128 valence electrons. The zero-order valence-corrected chi connectivity index (χ0v) is 16.0. The van der Waals surface area contributed by atoms with Gasteiger partial charge in [0.15, 0.2) is 0 Å². The summed E-state index contributed by atoms with van der Waals surface area (Å²) in [7, 11) is 1.93. The van der Waals surface area contributed by atoms with Crippen LogP contribution in [-0.4, -0.2) is 24.3 Å². The molecule has 0 atom stereocenters. The van der Waals surface area contributed by atoms with Crippen molar-refractivity contribution in [2.75, 3.05) is 13.7 Å². The number of rotatable bonds is 8. The van der Waals surface area contributed by atoms with Gasteiger partial charge in [0.2, 0.25) is 0 Å². The molecule has 0 N–H and O–H groups in total. The Hall–Kier alpha value is -1.36. The third-order valence-corrected chi connectivity index (χ3v) is 4.62. The fourth-order valence-corrected chi connectivity index (χ4v) is 2.91. The van der Waals surface area contributed by atoms with Gasteiger partial charge in [-0.25, -0.2) is 4.99 Å². The molecular formula is C18H20Cl2N2OS. The van der Waals surface area contributed by atoms with E-state index in [0.29, 0.717) is 23.1 Å². The molecule has 3 nitrogen and oxygen atoms in total. The summed E-state index contributed by atoms with van der Waals surface area (Å²) in [6.07, 6.45) is 3.82. The number of hydrogen-bond donors (Lipinski definition) is 0. The lowest BCUT2D eigenvalue weighted by atomic mass is 10.3. The van der Waals surface area contributed by atoms with Crippen molar-refractivity contribution in [3.05, 3.63) is 52.5 Å². The Kier molecular flexibility index (Phi) is 7.76. The van der Waals surface area contributed by atoms with E-state index >= 15 is 0 Å². The van der Waals surface area contributed by atoms with Crippen LogP contribution in [0.1, 0.15) is 19.8 Å². The van der Waals surface area contributed by atoms with Crippen LogP contribution in [0.4, 0.5) is 5.69 Å². The van der Waals surface area contributed by atoms with Crippen molar-refractivity contribution in [3.63, 3.8) is 0 Å². The Morgan fingerprint density at radius 2 is 1.92 bits per heavy atom. The van der Waals surface area contributed by atoms with Crippen molar-refractivity contribution in [1.82, 2.24) is 4.31 Å². The van der Waals surface area contributed by atoms with Gasteiger partial charge in [-0.2, -0.15) is 0 Å². The molecule has 24 heavy (non-hydrogen) atoms. The van der Waals surface area contributed by atoms with Crippen molar-refractivity contribution < 1.29 is 4.74 Å². The maximum absolute atomic E-state index is 6.37. The second-order valence-electron chi connectivity index (χ2n) is 5.13. The molecule has 0 bridgehead atoms. The first-order valence-corrected chi connectivity index (χ1v) is 9.25. The maximum atomic E-state index is 6.37. The van der Waals surface area contributed by atoms with Crippen LogP contribution in [0, 0.1) is 0 Å². The van der Waals surface area contributed by atoms with E-state index in [1.165, 1.54) is 0 Å². The van der Waals surface area contributed by atoms with Gasteiger partial charge in [-0.15, -0.1) is 0 Å². The van der Waals surface area contributed by atoms with E-state index in [1.54, 1.807) is 18.3 Å². The topological polar surface area (TPSA) is 24.8 Å². The van der Waals surface area contributed by atoms with E-state index in [4.69, 9.17) is 27.9 Å². The molecule has 0 aliphatic heterocycles. The van der Waals surface area contributed by atoms with Gasteiger partial charge in [0.25, 0.3) is 0 Å². The molecule has 0 spiro atoms. The van der Waals surface area contributed by atoms with E-state index < -0.39 is 0 Å². The molecule has 0 heterocycles. The van der Waals surface area contributed by atoms with Crippen LogP contribution in [0.3, 0.4) is 0 Å². The van der Waals surface area contributed by atoms with Gasteiger partial charge in [-0.1, -0.05) is 42.6 Å². The fraction of sp³-hybridized carbons (Fsp3) is 0.278. The highest BCUT2D eigenvalue weighted by Crippen LogP contribution is 2.34. The lowest BCUT2D eigenvalue weighted by molar-refractivity contribution is 0.309. The van der Waals surface area contributed by atoms with Crippen LogP contribution < -0.4 is 4.74 Å². The van der Waals surface area contributed by atoms with Crippen molar-refractivity contribution in [1.29, 1.82) is 0 Å². The molecule has 0 amide bonds. The van der Waals surface area contributed by atoms with Crippen molar-refractivity contribution in [2.45, 2.75) is 24.7 Å². The summed E-state index contributed by atoms with van der Waals surface area (Å²) >= 11 is 13.8. The average molecular weight is 383 g/mol. The molecular weight excluding hydrogens is 363 g/mol. The van der Waals surface area contributed by atoms with Crippen LogP contribution in [0.25, 0.3) is 0 Å². The normalized spacial score (nSPS) is 11.0. The Morgan fingerprint density at radius 1 is 1.17 bits per heavy atom. The number of nitrogens with zero attached hydrogens (tertiary/aromatic N) is 2. The van der Waals surface area contributed by atoms with Crippen LogP contribution in [0.2, 0.25) is 10.0 Å². The summed E-state index contributed by atoms with van der Waals surface area (Å²) in [4.78, 5) is 5.53. The minimum atomic E-state index is 0.537. The first-order chi connectivity index (χ1) is 11.6. The number of hydrogen-bond acceptors (Lipinski definition) is 3. The number of halogens is 2. The minimum Gasteiger partial charge on any atom is -0.492 e. The molecule has 0 aliphatic rings. The first kappa shape index (κ1) is 19.0. The van der Waals surface area contributed by atoms with Gasteiger partial charge in [-0.05, 0) is 54.8 Å². The second kappa shape index (κ2) is 9.82.